The first kappa shape index (κ1) is 22.5. The average Bonchev–Trinajstić information content (AvgIpc) is 3.26. The molecule has 1 aromatic heterocycles. The van der Waals surface area contributed by atoms with E-state index < -0.39 is 0 Å². The number of aryl methyl sites for hydroxylation is 1. The highest BCUT2D eigenvalue weighted by Crippen LogP contribution is 2.29. The number of halogens is 1. The Kier molecular flexibility index (Phi) is 7.04. The SMILES string of the molecule is COc1ccc(-n2c(SCC(=O)NCc3ccc(F)cc3)nnc2-c2cccc(C)c2)cc1. The Balaban J connectivity index is 1.54. The van der Waals surface area contributed by atoms with Crippen molar-refractivity contribution in [3.63, 3.8) is 0 Å². The van der Waals surface area contributed by atoms with Gasteiger partial charge in [-0.05, 0) is 55.0 Å². The second-order valence-corrected chi connectivity index (χ2v) is 8.34. The van der Waals surface area contributed by atoms with Crippen molar-refractivity contribution in [1.29, 1.82) is 0 Å². The molecule has 8 heteroatoms. The maximum absolute atomic E-state index is 13.0. The highest BCUT2D eigenvalue weighted by Gasteiger charge is 2.17. The molecule has 1 N–H and O–H groups in total. The topological polar surface area (TPSA) is 69.0 Å². The molecule has 0 spiro atoms. The first-order valence-corrected chi connectivity index (χ1v) is 11.3. The van der Waals surface area contributed by atoms with Gasteiger partial charge in [0, 0.05) is 17.8 Å². The van der Waals surface area contributed by atoms with Crippen molar-refractivity contribution < 1.29 is 13.9 Å². The maximum Gasteiger partial charge on any atom is 0.230 e. The van der Waals surface area contributed by atoms with Gasteiger partial charge in [0.1, 0.15) is 11.6 Å². The summed E-state index contributed by atoms with van der Waals surface area (Å²) in [7, 11) is 1.62. The maximum atomic E-state index is 13.0. The third-order valence-corrected chi connectivity index (χ3v) is 5.90. The van der Waals surface area contributed by atoms with Crippen LogP contribution in [-0.4, -0.2) is 33.5 Å². The molecule has 3 aromatic carbocycles. The van der Waals surface area contributed by atoms with E-state index in [0.717, 1.165) is 28.1 Å². The zero-order valence-electron chi connectivity index (χ0n) is 18.3. The fourth-order valence-electron chi connectivity index (χ4n) is 3.28. The largest absolute Gasteiger partial charge is 0.497 e. The highest BCUT2D eigenvalue weighted by atomic mass is 32.2. The summed E-state index contributed by atoms with van der Waals surface area (Å²) in [5.74, 6) is 1.16. The van der Waals surface area contributed by atoms with E-state index in [4.69, 9.17) is 4.74 Å². The van der Waals surface area contributed by atoms with Crippen molar-refractivity contribution in [2.24, 2.45) is 0 Å². The average molecular weight is 463 g/mol. The van der Waals surface area contributed by atoms with E-state index in [-0.39, 0.29) is 17.5 Å². The van der Waals surface area contributed by atoms with Gasteiger partial charge in [0.2, 0.25) is 5.91 Å². The first-order valence-electron chi connectivity index (χ1n) is 10.3. The standard InChI is InChI=1S/C25H23FN4O2S/c1-17-4-3-5-19(14-17)24-28-29-25(30(24)21-10-12-22(32-2)13-11-21)33-16-23(31)27-15-18-6-8-20(26)9-7-18/h3-14H,15-16H2,1-2H3,(H,27,31). The minimum Gasteiger partial charge on any atom is -0.497 e. The van der Waals surface area contributed by atoms with Crippen LogP contribution in [0.2, 0.25) is 0 Å². The third-order valence-electron chi connectivity index (χ3n) is 4.98. The van der Waals surface area contributed by atoms with Gasteiger partial charge >= 0.3 is 0 Å². The number of ether oxygens (including phenoxy) is 1. The van der Waals surface area contributed by atoms with Crippen molar-refractivity contribution >= 4 is 17.7 Å². The number of hydrogen-bond donors (Lipinski definition) is 1. The summed E-state index contributed by atoms with van der Waals surface area (Å²) in [5.41, 5.74) is 3.75. The van der Waals surface area contributed by atoms with Crippen LogP contribution in [0.25, 0.3) is 17.1 Å². The summed E-state index contributed by atoms with van der Waals surface area (Å²) in [5, 5.41) is 12.2. The van der Waals surface area contributed by atoms with Gasteiger partial charge in [0.25, 0.3) is 0 Å². The number of amides is 1. The molecular formula is C25H23FN4O2S. The van der Waals surface area contributed by atoms with Gasteiger partial charge in [-0.25, -0.2) is 4.39 Å². The molecule has 0 bridgehead atoms. The van der Waals surface area contributed by atoms with Crippen LogP contribution in [-0.2, 0) is 11.3 Å². The van der Waals surface area contributed by atoms with Crippen LogP contribution >= 0.6 is 11.8 Å². The molecule has 1 amide bonds. The molecule has 1 heterocycles. The van der Waals surface area contributed by atoms with Crippen molar-refractivity contribution in [3.05, 3.63) is 89.7 Å². The van der Waals surface area contributed by atoms with Gasteiger partial charge in [-0.15, -0.1) is 10.2 Å². The highest BCUT2D eigenvalue weighted by molar-refractivity contribution is 7.99. The van der Waals surface area contributed by atoms with Crippen LogP contribution in [0.1, 0.15) is 11.1 Å². The monoisotopic (exact) mass is 462 g/mol. The lowest BCUT2D eigenvalue weighted by molar-refractivity contribution is -0.118. The van der Waals surface area contributed by atoms with E-state index in [9.17, 15) is 9.18 Å². The minimum absolute atomic E-state index is 0.147. The number of nitrogens with one attached hydrogen (secondary N) is 1. The molecule has 168 valence electrons. The fourth-order valence-corrected chi connectivity index (χ4v) is 4.06. The fraction of sp³-hybridized carbons (Fsp3) is 0.160. The lowest BCUT2D eigenvalue weighted by atomic mass is 10.1. The summed E-state index contributed by atoms with van der Waals surface area (Å²) in [4.78, 5) is 12.4. The van der Waals surface area contributed by atoms with E-state index in [1.807, 2.05) is 60.0 Å². The van der Waals surface area contributed by atoms with E-state index in [1.165, 1.54) is 23.9 Å². The summed E-state index contributed by atoms with van der Waals surface area (Å²) in [6.07, 6.45) is 0. The molecule has 0 aliphatic heterocycles. The molecule has 0 fully saturated rings. The Morgan fingerprint density at radius 1 is 1.06 bits per heavy atom. The Morgan fingerprint density at radius 2 is 1.82 bits per heavy atom. The molecule has 6 nitrogen and oxygen atoms in total. The number of thioether (sulfide) groups is 1. The lowest BCUT2D eigenvalue weighted by Crippen LogP contribution is -2.24. The smallest absolute Gasteiger partial charge is 0.230 e. The summed E-state index contributed by atoms with van der Waals surface area (Å²) >= 11 is 1.30. The number of methoxy groups -OCH3 is 1. The van der Waals surface area contributed by atoms with Crippen molar-refractivity contribution in [2.75, 3.05) is 12.9 Å². The zero-order valence-corrected chi connectivity index (χ0v) is 19.1. The number of benzene rings is 3. The van der Waals surface area contributed by atoms with Crippen molar-refractivity contribution in [3.8, 4) is 22.8 Å². The van der Waals surface area contributed by atoms with Crippen LogP contribution in [0.4, 0.5) is 4.39 Å². The molecule has 0 aliphatic rings. The number of nitrogens with zero attached hydrogens (tertiary/aromatic N) is 3. The predicted octanol–water partition coefficient (Wildman–Crippen LogP) is 4.80. The minimum atomic E-state index is -0.303. The third kappa shape index (κ3) is 5.59. The number of carbonyl (C=O) groups excluding carboxylic acids is 1. The van der Waals surface area contributed by atoms with Crippen molar-refractivity contribution in [1.82, 2.24) is 20.1 Å². The Morgan fingerprint density at radius 3 is 2.52 bits per heavy atom. The molecular weight excluding hydrogens is 439 g/mol. The van der Waals surface area contributed by atoms with Crippen LogP contribution in [0.15, 0.2) is 78.0 Å². The van der Waals surface area contributed by atoms with E-state index in [2.05, 4.69) is 15.5 Å². The van der Waals surface area contributed by atoms with E-state index in [0.29, 0.717) is 17.5 Å². The van der Waals surface area contributed by atoms with Gasteiger partial charge in [-0.2, -0.15) is 0 Å². The zero-order chi connectivity index (χ0) is 23.2. The Bertz CT molecular complexity index is 1240. The molecule has 4 rings (SSSR count). The lowest BCUT2D eigenvalue weighted by Gasteiger charge is -2.11. The second kappa shape index (κ2) is 10.3. The molecule has 33 heavy (non-hydrogen) atoms. The second-order valence-electron chi connectivity index (χ2n) is 7.40. The van der Waals surface area contributed by atoms with Gasteiger partial charge < -0.3 is 10.1 Å². The van der Waals surface area contributed by atoms with Crippen LogP contribution in [0, 0.1) is 12.7 Å². The van der Waals surface area contributed by atoms with Gasteiger partial charge in [0.05, 0.1) is 12.9 Å². The normalized spacial score (nSPS) is 10.8. The van der Waals surface area contributed by atoms with Crippen LogP contribution < -0.4 is 10.1 Å². The molecule has 0 atom stereocenters. The molecule has 0 unspecified atom stereocenters. The molecule has 0 saturated heterocycles. The Labute approximate surface area is 195 Å². The summed E-state index contributed by atoms with van der Waals surface area (Å²) in [6.45, 7) is 2.36. The van der Waals surface area contributed by atoms with Crippen LogP contribution in [0.3, 0.4) is 0 Å². The molecule has 0 aliphatic carbocycles. The van der Waals surface area contributed by atoms with E-state index >= 15 is 0 Å². The quantitative estimate of drug-likeness (QED) is 0.381. The Hall–Kier alpha value is -3.65. The van der Waals surface area contributed by atoms with Crippen LogP contribution in [0.5, 0.6) is 5.75 Å². The van der Waals surface area contributed by atoms with Gasteiger partial charge in [-0.3, -0.25) is 9.36 Å². The first-order chi connectivity index (χ1) is 16.0. The number of hydrogen-bond acceptors (Lipinski definition) is 5. The van der Waals surface area contributed by atoms with Gasteiger partial charge in [0.15, 0.2) is 11.0 Å². The summed E-state index contributed by atoms with van der Waals surface area (Å²) in [6, 6.07) is 21.7. The molecule has 4 aromatic rings. The molecule has 0 radical (unpaired) electrons. The number of rotatable bonds is 8. The number of aromatic nitrogens is 3. The number of carbonyl (C=O) groups is 1. The van der Waals surface area contributed by atoms with Crippen molar-refractivity contribution in [2.45, 2.75) is 18.6 Å². The van der Waals surface area contributed by atoms with Gasteiger partial charge in [-0.1, -0.05) is 47.7 Å². The molecule has 0 saturated carbocycles. The predicted molar refractivity (Wildman–Crippen MR) is 127 cm³/mol. The van der Waals surface area contributed by atoms with E-state index in [1.54, 1.807) is 19.2 Å². The summed E-state index contributed by atoms with van der Waals surface area (Å²) < 4.78 is 20.3.